The number of nitriles is 1. The van der Waals surface area contributed by atoms with Crippen LogP contribution in [0.4, 0.5) is 0 Å². The molecule has 1 amide bonds. The Morgan fingerprint density at radius 2 is 2.18 bits per heavy atom. The number of hydrogen-bond donors (Lipinski definition) is 1. The maximum atomic E-state index is 12.4. The van der Waals surface area contributed by atoms with Crippen molar-refractivity contribution in [1.82, 2.24) is 10.2 Å². The Morgan fingerprint density at radius 1 is 1.29 bits per heavy atom. The quantitative estimate of drug-likeness (QED) is 0.736. The third kappa shape index (κ3) is 1.83. The molecule has 1 saturated carbocycles. The van der Waals surface area contributed by atoms with Gasteiger partial charge in [-0.15, -0.1) is 0 Å². The molecule has 4 unspecified atom stereocenters. The molecule has 2 saturated heterocycles. The topological polar surface area (TPSA) is 56.1 Å². The van der Waals surface area contributed by atoms with Crippen molar-refractivity contribution >= 4 is 5.91 Å². The maximum absolute atomic E-state index is 12.4. The minimum absolute atomic E-state index is 0.0146. The second-order valence-electron chi connectivity index (χ2n) is 5.57. The predicted molar refractivity (Wildman–Crippen MR) is 63.0 cm³/mol. The van der Waals surface area contributed by atoms with Crippen molar-refractivity contribution in [3.63, 3.8) is 0 Å². The monoisotopic (exact) mass is 233 g/mol. The van der Waals surface area contributed by atoms with Gasteiger partial charge in [0.2, 0.25) is 5.91 Å². The van der Waals surface area contributed by atoms with Crippen molar-refractivity contribution in [2.24, 2.45) is 5.92 Å². The number of amides is 1. The summed E-state index contributed by atoms with van der Waals surface area (Å²) in [7, 11) is 0. The van der Waals surface area contributed by atoms with Crippen LogP contribution in [0.2, 0.25) is 0 Å². The lowest BCUT2D eigenvalue weighted by molar-refractivity contribution is -0.133. The largest absolute Gasteiger partial charge is 0.325 e. The van der Waals surface area contributed by atoms with Crippen molar-refractivity contribution in [3.05, 3.63) is 0 Å². The fourth-order valence-electron chi connectivity index (χ4n) is 3.70. The highest BCUT2D eigenvalue weighted by Gasteiger charge is 2.42. The van der Waals surface area contributed by atoms with E-state index in [2.05, 4.69) is 11.4 Å². The maximum Gasteiger partial charge on any atom is 0.240 e. The zero-order valence-corrected chi connectivity index (χ0v) is 10.1. The van der Waals surface area contributed by atoms with Crippen molar-refractivity contribution in [2.45, 2.75) is 56.7 Å². The van der Waals surface area contributed by atoms with Crippen LogP contribution in [0.1, 0.15) is 38.5 Å². The molecule has 2 aliphatic heterocycles. The molecule has 0 radical (unpaired) electrons. The van der Waals surface area contributed by atoms with Gasteiger partial charge in [-0.2, -0.15) is 5.26 Å². The van der Waals surface area contributed by atoms with E-state index in [0.717, 1.165) is 25.8 Å². The van der Waals surface area contributed by atoms with E-state index in [9.17, 15) is 4.79 Å². The van der Waals surface area contributed by atoms with E-state index in [4.69, 9.17) is 5.26 Å². The van der Waals surface area contributed by atoms with Gasteiger partial charge in [0, 0.05) is 12.6 Å². The van der Waals surface area contributed by atoms with Gasteiger partial charge in [-0.25, -0.2) is 0 Å². The summed E-state index contributed by atoms with van der Waals surface area (Å²) in [5.74, 6) is 0.871. The number of nitrogens with zero attached hydrogens (tertiary/aromatic N) is 2. The molecule has 4 heteroatoms. The molecule has 4 atom stereocenters. The lowest BCUT2D eigenvalue weighted by atomic mass is 10.0. The molecule has 0 aromatic carbocycles. The highest BCUT2D eigenvalue weighted by Crippen LogP contribution is 2.35. The first-order chi connectivity index (χ1) is 8.29. The summed E-state index contributed by atoms with van der Waals surface area (Å²) >= 11 is 0. The lowest BCUT2D eigenvalue weighted by Crippen LogP contribution is -2.46. The Bertz CT molecular complexity index is 350. The molecule has 1 aliphatic carbocycles. The van der Waals surface area contributed by atoms with E-state index in [1.807, 2.05) is 0 Å². The van der Waals surface area contributed by atoms with Crippen LogP contribution in [0.3, 0.4) is 0 Å². The summed E-state index contributed by atoms with van der Waals surface area (Å²) in [6.45, 7) is 0.768. The van der Waals surface area contributed by atoms with Gasteiger partial charge in [0.15, 0.2) is 0 Å². The summed E-state index contributed by atoms with van der Waals surface area (Å²) in [6.07, 6.45) is 6.59. The number of likely N-dealkylation sites (tertiary alicyclic amines) is 1. The van der Waals surface area contributed by atoms with Crippen molar-refractivity contribution in [3.8, 4) is 6.07 Å². The molecular weight excluding hydrogens is 214 g/mol. The zero-order valence-electron chi connectivity index (χ0n) is 10.1. The van der Waals surface area contributed by atoms with Gasteiger partial charge in [0.1, 0.15) is 6.04 Å². The number of fused-ring (bicyclic) bond motifs is 1. The van der Waals surface area contributed by atoms with Gasteiger partial charge in [-0.05, 0) is 38.0 Å². The van der Waals surface area contributed by atoms with Crippen LogP contribution in [0.5, 0.6) is 0 Å². The fraction of sp³-hybridized carbons (Fsp3) is 0.846. The smallest absolute Gasteiger partial charge is 0.240 e. The molecule has 17 heavy (non-hydrogen) atoms. The van der Waals surface area contributed by atoms with Crippen LogP contribution in [-0.2, 0) is 4.79 Å². The molecule has 3 aliphatic rings. The minimum atomic E-state index is -0.176. The normalized spacial score (nSPS) is 40.3. The van der Waals surface area contributed by atoms with Crippen molar-refractivity contribution in [1.29, 1.82) is 5.26 Å². The summed E-state index contributed by atoms with van der Waals surface area (Å²) in [5, 5.41) is 12.5. The molecule has 3 rings (SSSR count). The summed E-state index contributed by atoms with van der Waals surface area (Å²) in [6, 6.07) is 2.62. The Hall–Kier alpha value is -1.08. The second-order valence-corrected chi connectivity index (χ2v) is 5.57. The van der Waals surface area contributed by atoms with Crippen LogP contribution in [0, 0.1) is 17.2 Å². The highest BCUT2D eigenvalue weighted by atomic mass is 16.2. The van der Waals surface area contributed by atoms with Crippen LogP contribution < -0.4 is 5.32 Å². The van der Waals surface area contributed by atoms with E-state index in [1.54, 1.807) is 4.90 Å². The average Bonchev–Trinajstić information content (AvgIpc) is 3.02. The highest BCUT2D eigenvalue weighted by molar-refractivity contribution is 5.83. The van der Waals surface area contributed by atoms with Gasteiger partial charge >= 0.3 is 0 Å². The average molecular weight is 233 g/mol. The number of carbonyl (C=O) groups is 1. The molecule has 0 bridgehead atoms. The molecule has 0 aromatic rings. The van der Waals surface area contributed by atoms with E-state index in [-0.39, 0.29) is 18.0 Å². The molecule has 2 heterocycles. The molecule has 92 valence electrons. The van der Waals surface area contributed by atoms with Gasteiger partial charge in [0.05, 0.1) is 12.1 Å². The van der Waals surface area contributed by atoms with Gasteiger partial charge in [0.25, 0.3) is 0 Å². The third-order valence-electron chi connectivity index (χ3n) is 4.60. The standard InChI is InChI=1S/C13H19N3O/c14-8-10-4-2-6-16(10)13(17)12-7-9-3-1-5-11(9)15-12/h9-12,15H,1-7H2. The lowest BCUT2D eigenvalue weighted by Gasteiger charge is -2.23. The Kier molecular flexibility index (Phi) is 2.79. The Balaban J connectivity index is 1.65. The van der Waals surface area contributed by atoms with E-state index in [1.165, 1.54) is 19.3 Å². The Morgan fingerprint density at radius 3 is 2.94 bits per heavy atom. The fourth-order valence-corrected chi connectivity index (χ4v) is 3.70. The third-order valence-corrected chi connectivity index (χ3v) is 4.60. The molecule has 0 spiro atoms. The van der Waals surface area contributed by atoms with Crippen LogP contribution in [0.15, 0.2) is 0 Å². The Labute approximate surface area is 102 Å². The van der Waals surface area contributed by atoms with E-state index >= 15 is 0 Å². The van der Waals surface area contributed by atoms with E-state index in [0.29, 0.717) is 12.0 Å². The number of rotatable bonds is 1. The number of nitrogens with one attached hydrogen (secondary N) is 1. The van der Waals surface area contributed by atoms with Crippen LogP contribution in [0.25, 0.3) is 0 Å². The summed E-state index contributed by atoms with van der Waals surface area (Å²) in [5.41, 5.74) is 0. The van der Waals surface area contributed by atoms with Crippen LogP contribution >= 0.6 is 0 Å². The van der Waals surface area contributed by atoms with Crippen molar-refractivity contribution < 1.29 is 4.79 Å². The predicted octanol–water partition coefficient (Wildman–Crippen LogP) is 1.03. The number of carbonyl (C=O) groups excluding carboxylic acids is 1. The molecule has 0 aromatic heterocycles. The molecule has 4 nitrogen and oxygen atoms in total. The van der Waals surface area contributed by atoms with Crippen LogP contribution in [-0.4, -0.2) is 35.5 Å². The van der Waals surface area contributed by atoms with E-state index < -0.39 is 0 Å². The van der Waals surface area contributed by atoms with Crippen molar-refractivity contribution in [2.75, 3.05) is 6.54 Å². The first kappa shape index (κ1) is 11.0. The molecule has 1 N–H and O–H groups in total. The first-order valence-corrected chi connectivity index (χ1v) is 6.76. The second kappa shape index (κ2) is 4.30. The van der Waals surface area contributed by atoms with Gasteiger partial charge in [-0.3, -0.25) is 4.79 Å². The molecule has 3 fully saturated rings. The first-order valence-electron chi connectivity index (χ1n) is 6.76. The SMILES string of the molecule is N#CC1CCCN1C(=O)C1CC2CCCC2N1. The van der Waals surface area contributed by atoms with Gasteiger partial charge in [-0.1, -0.05) is 6.42 Å². The summed E-state index contributed by atoms with van der Waals surface area (Å²) in [4.78, 5) is 14.2. The zero-order chi connectivity index (χ0) is 11.8. The van der Waals surface area contributed by atoms with Gasteiger partial charge < -0.3 is 10.2 Å². The molecular formula is C13H19N3O. The number of hydrogen-bond acceptors (Lipinski definition) is 3. The summed E-state index contributed by atoms with van der Waals surface area (Å²) < 4.78 is 0. The minimum Gasteiger partial charge on any atom is -0.325 e.